The summed E-state index contributed by atoms with van der Waals surface area (Å²) in [5, 5.41) is 10.3. The van der Waals surface area contributed by atoms with Crippen molar-refractivity contribution in [2.45, 2.75) is 6.54 Å². The lowest BCUT2D eigenvalue weighted by Crippen LogP contribution is -3.13. The van der Waals surface area contributed by atoms with E-state index in [9.17, 15) is 5.11 Å². The standard InChI is InChI=1S/C17H19ClN2O/c18-15-4-2-5-16(12-15)20-9-7-19(8-10-20)13-14-3-1-6-17(21)11-14/h1-6,11-12,21H,7-10,13H2/p+1. The summed E-state index contributed by atoms with van der Waals surface area (Å²) < 4.78 is 0. The van der Waals surface area contributed by atoms with E-state index < -0.39 is 0 Å². The van der Waals surface area contributed by atoms with Gasteiger partial charge in [0.15, 0.2) is 0 Å². The molecule has 2 N–H and O–H groups in total. The van der Waals surface area contributed by atoms with Crippen LogP contribution in [0.4, 0.5) is 5.69 Å². The molecule has 0 saturated carbocycles. The molecule has 2 aromatic carbocycles. The molecule has 21 heavy (non-hydrogen) atoms. The van der Waals surface area contributed by atoms with Gasteiger partial charge in [-0.05, 0) is 30.3 Å². The molecular formula is C17H20ClN2O+. The number of phenolic OH excluding ortho intramolecular Hbond substituents is 1. The van der Waals surface area contributed by atoms with Crippen LogP contribution in [0.1, 0.15) is 5.56 Å². The summed E-state index contributed by atoms with van der Waals surface area (Å²) in [4.78, 5) is 3.94. The number of hydrogen-bond donors (Lipinski definition) is 2. The van der Waals surface area contributed by atoms with Crippen LogP contribution >= 0.6 is 11.6 Å². The van der Waals surface area contributed by atoms with E-state index in [2.05, 4.69) is 17.0 Å². The van der Waals surface area contributed by atoms with Gasteiger partial charge in [-0.15, -0.1) is 0 Å². The fourth-order valence-electron chi connectivity index (χ4n) is 2.89. The van der Waals surface area contributed by atoms with Crippen molar-refractivity contribution in [2.24, 2.45) is 0 Å². The van der Waals surface area contributed by atoms with E-state index in [4.69, 9.17) is 11.6 Å². The molecule has 3 rings (SSSR count). The predicted molar refractivity (Wildman–Crippen MR) is 86.2 cm³/mol. The van der Waals surface area contributed by atoms with Gasteiger partial charge in [0.05, 0.1) is 26.2 Å². The molecule has 3 nitrogen and oxygen atoms in total. The van der Waals surface area contributed by atoms with Crippen molar-refractivity contribution < 1.29 is 10.0 Å². The van der Waals surface area contributed by atoms with Crippen molar-refractivity contribution in [3.63, 3.8) is 0 Å². The van der Waals surface area contributed by atoms with E-state index in [1.165, 1.54) is 11.3 Å². The molecule has 1 fully saturated rings. The van der Waals surface area contributed by atoms with Crippen LogP contribution in [-0.2, 0) is 6.54 Å². The number of aromatic hydroxyl groups is 1. The third-order valence-corrected chi connectivity index (χ3v) is 4.24. The van der Waals surface area contributed by atoms with E-state index in [1.807, 2.05) is 30.3 Å². The first-order valence-electron chi connectivity index (χ1n) is 7.33. The quantitative estimate of drug-likeness (QED) is 0.907. The Hall–Kier alpha value is -1.71. The Morgan fingerprint density at radius 2 is 1.81 bits per heavy atom. The number of benzene rings is 2. The summed E-state index contributed by atoms with van der Waals surface area (Å²) in [6.07, 6.45) is 0. The molecule has 110 valence electrons. The number of hydrogen-bond acceptors (Lipinski definition) is 2. The first-order chi connectivity index (χ1) is 10.2. The van der Waals surface area contributed by atoms with Crippen molar-refractivity contribution in [1.82, 2.24) is 0 Å². The number of nitrogens with one attached hydrogen (secondary N) is 1. The van der Waals surface area contributed by atoms with Crippen molar-refractivity contribution in [3.05, 3.63) is 59.1 Å². The van der Waals surface area contributed by atoms with Gasteiger partial charge in [-0.25, -0.2) is 0 Å². The Morgan fingerprint density at radius 1 is 1.05 bits per heavy atom. The van der Waals surface area contributed by atoms with Crippen LogP contribution in [0.25, 0.3) is 0 Å². The predicted octanol–water partition coefficient (Wildman–Crippen LogP) is 1.95. The maximum atomic E-state index is 9.53. The molecular weight excluding hydrogens is 284 g/mol. The van der Waals surface area contributed by atoms with Crippen LogP contribution < -0.4 is 9.80 Å². The highest BCUT2D eigenvalue weighted by Crippen LogP contribution is 2.19. The summed E-state index contributed by atoms with van der Waals surface area (Å²) >= 11 is 6.06. The molecule has 0 atom stereocenters. The number of piperazine rings is 1. The maximum Gasteiger partial charge on any atom is 0.116 e. The zero-order valence-electron chi connectivity index (χ0n) is 11.9. The number of anilines is 1. The third kappa shape index (κ3) is 3.69. The molecule has 4 heteroatoms. The lowest BCUT2D eigenvalue weighted by molar-refractivity contribution is -0.914. The first kappa shape index (κ1) is 14.2. The normalized spacial score (nSPS) is 16.1. The number of halogens is 1. The number of quaternary nitrogens is 1. The Morgan fingerprint density at radius 3 is 2.52 bits per heavy atom. The summed E-state index contributed by atoms with van der Waals surface area (Å²) in [5.74, 6) is 0.351. The fourth-order valence-corrected chi connectivity index (χ4v) is 3.07. The Bertz CT molecular complexity index is 609. The monoisotopic (exact) mass is 303 g/mol. The number of nitrogens with zero attached hydrogens (tertiary/aromatic N) is 1. The molecule has 1 aliphatic rings. The smallest absolute Gasteiger partial charge is 0.116 e. The summed E-state index contributed by atoms with van der Waals surface area (Å²) in [5.41, 5.74) is 2.40. The minimum atomic E-state index is 0.351. The second-order valence-corrected chi connectivity index (χ2v) is 6.00. The van der Waals surface area contributed by atoms with Gasteiger partial charge in [0.1, 0.15) is 12.3 Å². The van der Waals surface area contributed by atoms with Gasteiger partial charge in [0, 0.05) is 16.3 Å². The Kier molecular flexibility index (Phi) is 4.32. The van der Waals surface area contributed by atoms with Crippen molar-refractivity contribution in [2.75, 3.05) is 31.1 Å². The van der Waals surface area contributed by atoms with Crippen LogP contribution in [0.5, 0.6) is 5.75 Å². The minimum absolute atomic E-state index is 0.351. The molecule has 0 bridgehead atoms. The molecule has 0 radical (unpaired) electrons. The Balaban J connectivity index is 1.58. The van der Waals surface area contributed by atoms with E-state index in [-0.39, 0.29) is 0 Å². The molecule has 1 aliphatic heterocycles. The molecule has 1 saturated heterocycles. The molecule has 0 aliphatic carbocycles. The molecule has 0 aromatic heterocycles. The van der Waals surface area contributed by atoms with E-state index in [0.717, 1.165) is 37.7 Å². The molecule has 1 heterocycles. The lowest BCUT2D eigenvalue weighted by Gasteiger charge is -2.33. The first-order valence-corrected chi connectivity index (χ1v) is 7.70. The van der Waals surface area contributed by atoms with Gasteiger partial charge < -0.3 is 14.9 Å². The summed E-state index contributed by atoms with van der Waals surface area (Å²) in [6.45, 7) is 5.24. The number of phenols is 1. The third-order valence-electron chi connectivity index (χ3n) is 4.01. The largest absolute Gasteiger partial charge is 0.508 e. The van der Waals surface area contributed by atoms with Gasteiger partial charge in [0.25, 0.3) is 0 Å². The fraction of sp³-hybridized carbons (Fsp3) is 0.294. The van der Waals surface area contributed by atoms with Gasteiger partial charge in [-0.1, -0.05) is 29.8 Å². The van der Waals surface area contributed by atoms with Crippen LogP contribution in [0, 0.1) is 0 Å². The highest BCUT2D eigenvalue weighted by Gasteiger charge is 2.20. The van der Waals surface area contributed by atoms with Gasteiger partial charge >= 0.3 is 0 Å². The second kappa shape index (κ2) is 6.37. The zero-order valence-corrected chi connectivity index (χ0v) is 12.7. The maximum absolute atomic E-state index is 9.53. The molecule has 0 amide bonds. The van der Waals surface area contributed by atoms with Crippen molar-refractivity contribution in [1.29, 1.82) is 0 Å². The summed E-state index contributed by atoms with van der Waals surface area (Å²) in [6, 6.07) is 15.6. The van der Waals surface area contributed by atoms with Gasteiger partial charge in [0.2, 0.25) is 0 Å². The molecule has 2 aromatic rings. The molecule has 0 unspecified atom stereocenters. The van der Waals surface area contributed by atoms with Crippen molar-refractivity contribution in [3.8, 4) is 5.75 Å². The lowest BCUT2D eigenvalue weighted by atomic mass is 10.2. The average molecular weight is 304 g/mol. The van der Waals surface area contributed by atoms with Gasteiger partial charge in [-0.3, -0.25) is 0 Å². The van der Waals surface area contributed by atoms with Crippen LogP contribution in [0.2, 0.25) is 5.02 Å². The Labute approximate surface area is 130 Å². The zero-order chi connectivity index (χ0) is 14.7. The van der Waals surface area contributed by atoms with E-state index in [0.29, 0.717) is 5.75 Å². The van der Waals surface area contributed by atoms with Gasteiger partial charge in [-0.2, -0.15) is 0 Å². The van der Waals surface area contributed by atoms with Crippen LogP contribution in [0.15, 0.2) is 48.5 Å². The minimum Gasteiger partial charge on any atom is -0.508 e. The van der Waals surface area contributed by atoms with Crippen LogP contribution in [-0.4, -0.2) is 31.3 Å². The highest BCUT2D eigenvalue weighted by molar-refractivity contribution is 6.30. The second-order valence-electron chi connectivity index (χ2n) is 5.56. The van der Waals surface area contributed by atoms with Crippen molar-refractivity contribution >= 4 is 17.3 Å². The highest BCUT2D eigenvalue weighted by atomic mass is 35.5. The molecule has 0 spiro atoms. The SMILES string of the molecule is Oc1cccc(C[NH+]2CCN(c3cccc(Cl)c3)CC2)c1. The topological polar surface area (TPSA) is 27.9 Å². The van der Waals surface area contributed by atoms with E-state index in [1.54, 1.807) is 11.0 Å². The number of rotatable bonds is 3. The van der Waals surface area contributed by atoms with E-state index >= 15 is 0 Å². The average Bonchev–Trinajstić information content (AvgIpc) is 2.48. The summed E-state index contributed by atoms with van der Waals surface area (Å²) in [7, 11) is 0. The van der Waals surface area contributed by atoms with Crippen LogP contribution in [0.3, 0.4) is 0 Å².